The highest BCUT2D eigenvalue weighted by molar-refractivity contribution is 7.90. The molecule has 0 spiro atoms. The molecule has 1 atom stereocenters. The molecule has 0 amide bonds. The fourth-order valence-corrected chi connectivity index (χ4v) is 1.65. The molecule has 0 fully saturated rings. The molecule has 0 aromatic heterocycles. The predicted octanol–water partition coefficient (Wildman–Crippen LogP) is 3.20. The Morgan fingerprint density at radius 1 is 1.29 bits per heavy atom. The van der Waals surface area contributed by atoms with Gasteiger partial charge in [-0.1, -0.05) is 30.3 Å². The van der Waals surface area contributed by atoms with Gasteiger partial charge >= 0.3 is 6.18 Å². The summed E-state index contributed by atoms with van der Waals surface area (Å²) in [5, 5.41) is 0.814. The Kier molecular flexibility index (Phi) is 4.30. The number of halogens is 3. The first kappa shape index (κ1) is 13.7. The van der Waals surface area contributed by atoms with Crippen molar-refractivity contribution in [3.8, 4) is 0 Å². The van der Waals surface area contributed by atoms with Crippen LogP contribution in [0.25, 0.3) is 6.08 Å². The fourth-order valence-electron chi connectivity index (χ4n) is 0.926. The first-order chi connectivity index (χ1) is 7.79. The molecule has 0 aliphatic rings. The average molecular weight is 265 g/mol. The number of alkyl halides is 3. The molecule has 0 radical (unpaired) electrons. The molecule has 3 nitrogen and oxygen atoms in total. The van der Waals surface area contributed by atoms with E-state index in [1.165, 1.54) is 6.08 Å². The van der Waals surface area contributed by atoms with E-state index in [-0.39, 0.29) is 0 Å². The second-order valence-corrected chi connectivity index (χ2v) is 4.73. The minimum Gasteiger partial charge on any atom is -0.272 e. The zero-order valence-corrected chi connectivity index (χ0v) is 9.42. The van der Waals surface area contributed by atoms with Crippen LogP contribution in [0.5, 0.6) is 0 Å². The maximum Gasteiger partial charge on any atom is 0.413 e. The van der Waals surface area contributed by atoms with Crippen LogP contribution in [0.1, 0.15) is 5.56 Å². The van der Waals surface area contributed by atoms with Gasteiger partial charge in [0.2, 0.25) is 0 Å². The summed E-state index contributed by atoms with van der Waals surface area (Å²) in [6, 6.07) is 8.51. The van der Waals surface area contributed by atoms with Crippen molar-refractivity contribution in [3.05, 3.63) is 41.3 Å². The molecule has 94 valence electrons. The van der Waals surface area contributed by atoms with Crippen molar-refractivity contribution in [2.45, 2.75) is 6.18 Å². The zero-order chi connectivity index (χ0) is 12.9. The SMILES string of the molecule is N=S(=O)(C=Cc1ccccc1)OCC(F)(F)F. The van der Waals surface area contributed by atoms with Gasteiger partial charge in [-0.05, 0) is 11.6 Å². The van der Waals surface area contributed by atoms with Crippen molar-refractivity contribution in [2.75, 3.05) is 6.61 Å². The first-order valence-corrected chi connectivity index (χ1v) is 6.06. The van der Waals surface area contributed by atoms with Crippen molar-refractivity contribution in [3.63, 3.8) is 0 Å². The van der Waals surface area contributed by atoms with Crippen LogP contribution < -0.4 is 0 Å². The average Bonchev–Trinajstić information content (AvgIpc) is 2.25. The van der Waals surface area contributed by atoms with E-state index in [0.29, 0.717) is 5.56 Å². The molecule has 1 unspecified atom stereocenters. The number of nitrogens with one attached hydrogen (secondary N) is 1. The second-order valence-electron chi connectivity index (χ2n) is 3.14. The summed E-state index contributed by atoms with van der Waals surface area (Å²) < 4.78 is 57.7. The topological polar surface area (TPSA) is 50.2 Å². The molecule has 1 rings (SSSR count). The Balaban J connectivity index is 2.65. The normalized spacial score (nSPS) is 15.9. The number of hydrogen-bond acceptors (Lipinski definition) is 3. The van der Waals surface area contributed by atoms with Gasteiger partial charge in [-0.15, -0.1) is 0 Å². The molecular formula is C10H10F3NO2S. The van der Waals surface area contributed by atoms with Crippen LogP contribution in [0.2, 0.25) is 0 Å². The summed E-state index contributed by atoms with van der Waals surface area (Å²) in [5.74, 6) is 0. The van der Waals surface area contributed by atoms with Gasteiger partial charge in [-0.2, -0.15) is 13.2 Å². The third-order valence-electron chi connectivity index (χ3n) is 1.64. The highest BCUT2D eigenvalue weighted by Crippen LogP contribution is 2.16. The lowest BCUT2D eigenvalue weighted by Gasteiger charge is -2.07. The van der Waals surface area contributed by atoms with Crippen molar-refractivity contribution in [2.24, 2.45) is 0 Å². The Hall–Kier alpha value is -1.34. The summed E-state index contributed by atoms with van der Waals surface area (Å²) in [5.41, 5.74) is 0.628. The zero-order valence-electron chi connectivity index (χ0n) is 8.61. The van der Waals surface area contributed by atoms with Crippen molar-refractivity contribution in [1.29, 1.82) is 4.78 Å². The van der Waals surface area contributed by atoms with Crippen LogP contribution >= 0.6 is 0 Å². The van der Waals surface area contributed by atoms with Crippen LogP contribution in [-0.2, 0) is 14.2 Å². The monoisotopic (exact) mass is 265 g/mol. The summed E-state index contributed by atoms with van der Waals surface area (Å²) in [6.07, 6.45) is -3.31. The molecule has 0 aliphatic heterocycles. The fraction of sp³-hybridized carbons (Fsp3) is 0.200. The van der Waals surface area contributed by atoms with Gasteiger partial charge in [0.05, 0.1) is 0 Å². The van der Waals surface area contributed by atoms with Crippen LogP contribution in [0, 0.1) is 4.78 Å². The van der Waals surface area contributed by atoms with E-state index in [4.69, 9.17) is 4.78 Å². The summed E-state index contributed by atoms with van der Waals surface area (Å²) in [7, 11) is -3.81. The van der Waals surface area contributed by atoms with Gasteiger partial charge in [0.1, 0.15) is 0 Å². The van der Waals surface area contributed by atoms with E-state index in [2.05, 4.69) is 4.18 Å². The molecule has 0 aliphatic carbocycles. The molecule has 0 bridgehead atoms. The summed E-state index contributed by atoms with van der Waals surface area (Å²) in [6.45, 7) is -1.70. The van der Waals surface area contributed by atoms with Crippen LogP contribution in [0.4, 0.5) is 13.2 Å². The van der Waals surface area contributed by atoms with E-state index < -0.39 is 22.8 Å². The minimum absolute atomic E-state index is 0.628. The minimum atomic E-state index is -4.59. The van der Waals surface area contributed by atoms with Gasteiger partial charge in [-0.25, -0.2) is 8.99 Å². The van der Waals surface area contributed by atoms with E-state index >= 15 is 0 Å². The van der Waals surface area contributed by atoms with E-state index in [0.717, 1.165) is 5.41 Å². The number of hydrogen-bond donors (Lipinski definition) is 1. The molecule has 1 aromatic carbocycles. The molecular weight excluding hydrogens is 255 g/mol. The highest BCUT2D eigenvalue weighted by Gasteiger charge is 2.29. The number of benzene rings is 1. The van der Waals surface area contributed by atoms with E-state index in [1.54, 1.807) is 30.3 Å². The Morgan fingerprint density at radius 3 is 2.41 bits per heavy atom. The first-order valence-electron chi connectivity index (χ1n) is 4.52. The van der Waals surface area contributed by atoms with Gasteiger partial charge in [-0.3, -0.25) is 4.18 Å². The van der Waals surface area contributed by atoms with Gasteiger partial charge < -0.3 is 0 Å². The Morgan fingerprint density at radius 2 is 1.88 bits per heavy atom. The van der Waals surface area contributed by atoms with Gasteiger partial charge in [0.25, 0.3) is 0 Å². The lowest BCUT2D eigenvalue weighted by molar-refractivity contribution is -0.151. The Bertz CT molecular complexity index is 480. The quantitative estimate of drug-likeness (QED) is 0.908. The van der Waals surface area contributed by atoms with Crippen molar-refractivity contribution < 1.29 is 21.6 Å². The van der Waals surface area contributed by atoms with Crippen LogP contribution in [-0.4, -0.2) is 17.0 Å². The number of rotatable bonds is 4. The molecule has 0 heterocycles. The van der Waals surface area contributed by atoms with E-state index in [9.17, 15) is 17.4 Å². The highest BCUT2D eigenvalue weighted by atomic mass is 32.2. The van der Waals surface area contributed by atoms with Crippen LogP contribution in [0.15, 0.2) is 35.7 Å². The smallest absolute Gasteiger partial charge is 0.272 e. The van der Waals surface area contributed by atoms with Gasteiger partial charge in [0, 0.05) is 5.41 Å². The van der Waals surface area contributed by atoms with E-state index in [1.807, 2.05) is 0 Å². The molecule has 7 heteroatoms. The summed E-state index contributed by atoms with van der Waals surface area (Å²) in [4.78, 5) is 0. The largest absolute Gasteiger partial charge is 0.413 e. The summed E-state index contributed by atoms with van der Waals surface area (Å²) >= 11 is 0. The molecule has 0 saturated carbocycles. The lowest BCUT2D eigenvalue weighted by atomic mass is 10.2. The maximum absolute atomic E-state index is 11.8. The lowest BCUT2D eigenvalue weighted by Crippen LogP contribution is -2.18. The van der Waals surface area contributed by atoms with Crippen LogP contribution in [0.3, 0.4) is 0 Å². The van der Waals surface area contributed by atoms with Crippen molar-refractivity contribution >= 4 is 16.1 Å². The molecule has 0 saturated heterocycles. The second kappa shape index (κ2) is 5.33. The Labute approximate surface area is 97.1 Å². The molecule has 1 N–H and O–H groups in total. The van der Waals surface area contributed by atoms with Gasteiger partial charge in [0.15, 0.2) is 16.6 Å². The van der Waals surface area contributed by atoms with Crippen molar-refractivity contribution in [1.82, 2.24) is 0 Å². The molecule has 1 aromatic rings. The third-order valence-corrected chi connectivity index (χ3v) is 2.60. The maximum atomic E-state index is 11.8. The third kappa shape index (κ3) is 6.08. The standard InChI is InChI=1S/C10H10F3NO2S/c11-10(12,13)8-16-17(14,15)7-6-9-4-2-1-3-5-9/h1-7,14H,8H2. The predicted molar refractivity (Wildman–Crippen MR) is 58.3 cm³/mol. The molecule has 17 heavy (non-hydrogen) atoms.